The second kappa shape index (κ2) is 8.49. The molecular formula is C21H22N2O4. The van der Waals surface area contributed by atoms with Crippen LogP contribution in [0.2, 0.25) is 0 Å². The molecule has 1 aliphatic rings. The van der Waals surface area contributed by atoms with Crippen LogP contribution in [0.25, 0.3) is 0 Å². The number of hydrogen-bond acceptors (Lipinski definition) is 4. The van der Waals surface area contributed by atoms with Gasteiger partial charge in [0.05, 0.1) is 0 Å². The van der Waals surface area contributed by atoms with E-state index in [1.165, 1.54) is 6.92 Å². The summed E-state index contributed by atoms with van der Waals surface area (Å²) in [7, 11) is 0. The maximum Gasteiger partial charge on any atom is 0.321 e. The van der Waals surface area contributed by atoms with Crippen molar-refractivity contribution in [2.24, 2.45) is 0 Å². The highest BCUT2D eigenvalue weighted by Crippen LogP contribution is 2.26. The van der Waals surface area contributed by atoms with E-state index in [1.54, 1.807) is 0 Å². The maximum atomic E-state index is 12.8. The summed E-state index contributed by atoms with van der Waals surface area (Å²) in [6.07, 6.45) is 0.752. The molecular weight excluding hydrogens is 344 g/mol. The fourth-order valence-corrected chi connectivity index (χ4v) is 2.71. The van der Waals surface area contributed by atoms with Gasteiger partial charge in [-0.1, -0.05) is 60.7 Å². The topological polar surface area (TPSA) is 84.5 Å². The lowest BCUT2D eigenvalue weighted by atomic mass is 9.91. The lowest BCUT2D eigenvalue weighted by molar-refractivity contribution is -0.155. The van der Waals surface area contributed by atoms with Crippen LogP contribution in [0.15, 0.2) is 60.7 Å². The number of imide groups is 1. The van der Waals surface area contributed by atoms with Crippen molar-refractivity contribution in [2.45, 2.75) is 37.8 Å². The van der Waals surface area contributed by atoms with Gasteiger partial charge in [0.25, 0.3) is 5.91 Å². The first kappa shape index (κ1) is 18.6. The van der Waals surface area contributed by atoms with Gasteiger partial charge < -0.3 is 10.1 Å². The number of esters is 1. The smallest absolute Gasteiger partial charge is 0.321 e. The second-order valence-corrected chi connectivity index (χ2v) is 6.57. The van der Waals surface area contributed by atoms with Crippen LogP contribution in [0.4, 0.5) is 4.79 Å². The molecule has 0 heterocycles. The first-order valence-electron chi connectivity index (χ1n) is 8.96. The Morgan fingerprint density at radius 3 is 1.93 bits per heavy atom. The Morgan fingerprint density at radius 2 is 1.44 bits per heavy atom. The summed E-state index contributed by atoms with van der Waals surface area (Å²) < 4.78 is 5.37. The van der Waals surface area contributed by atoms with Crippen LogP contribution in [-0.2, 0) is 14.3 Å². The van der Waals surface area contributed by atoms with Crippen molar-refractivity contribution in [3.63, 3.8) is 0 Å². The fraction of sp³-hybridized carbons (Fsp3) is 0.286. The van der Waals surface area contributed by atoms with Crippen molar-refractivity contribution >= 4 is 17.9 Å². The van der Waals surface area contributed by atoms with Crippen LogP contribution >= 0.6 is 0 Å². The number of rotatable bonds is 6. The molecule has 0 saturated heterocycles. The van der Waals surface area contributed by atoms with Gasteiger partial charge in [0, 0.05) is 6.04 Å². The summed E-state index contributed by atoms with van der Waals surface area (Å²) in [4.78, 5) is 36.7. The van der Waals surface area contributed by atoms with Gasteiger partial charge in [-0.25, -0.2) is 4.79 Å². The third-order valence-electron chi connectivity index (χ3n) is 4.31. The standard InChI is InChI=1S/C21H22N2O4/c1-14(19(24)23-21(26)22-17-12-13-17)27-20(25)18(15-8-4-2-5-9-15)16-10-6-3-7-11-16/h2-11,14,17-18H,12-13H2,1H3,(H2,22,23,24,26). The van der Waals surface area contributed by atoms with E-state index in [1.807, 2.05) is 60.7 Å². The van der Waals surface area contributed by atoms with Crippen molar-refractivity contribution in [2.75, 3.05) is 0 Å². The van der Waals surface area contributed by atoms with E-state index in [-0.39, 0.29) is 6.04 Å². The molecule has 3 amide bonds. The highest BCUT2D eigenvalue weighted by molar-refractivity contribution is 5.97. The molecule has 1 atom stereocenters. The van der Waals surface area contributed by atoms with Gasteiger partial charge in [-0.2, -0.15) is 0 Å². The fourth-order valence-electron chi connectivity index (χ4n) is 2.71. The summed E-state index contributed by atoms with van der Waals surface area (Å²) in [6.45, 7) is 1.45. The predicted molar refractivity (Wildman–Crippen MR) is 100.0 cm³/mol. The Hall–Kier alpha value is -3.15. The van der Waals surface area contributed by atoms with Crippen LogP contribution in [-0.4, -0.2) is 30.1 Å². The zero-order valence-corrected chi connectivity index (χ0v) is 15.1. The first-order valence-corrected chi connectivity index (χ1v) is 8.96. The van der Waals surface area contributed by atoms with Crippen molar-refractivity contribution in [1.82, 2.24) is 10.6 Å². The van der Waals surface area contributed by atoms with E-state index >= 15 is 0 Å². The molecule has 2 aromatic carbocycles. The molecule has 0 bridgehead atoms. The van der Waals surface area contributed by atoms with E-state index < -0.39 is 29.9 Å². The highest BCUT2D eigenvalue weighted by atomic mass is 16.5. The van der Waals surface area contributed by atoms with Gasteiger partial charge >= 0.3 is 12.0 Å². The Bertz CT molecular complexity index is 764. The van der Waals surface area contributed by atoms with E-state index in [2.05, 4.69) is 10.6 Å². The summed E-state index contributed by atoms with van der Waals surface area (Å²) in [5, 5.41) is 4.86. The number of urea groups is 1. The number of amides is 3. The molecule has 1 aliphatic carbocycles. The van der Waals surface area contributed by atoms with Gasteiger partial charge in [0.1, 0.15) is 5.92 Å². The quantitative estimate of drug-likeness (QED) is 0.770. The van der Waals surface area contributed by atoms with Crippen LogP contribution in [0, 0.1) is 0 Å². The maximum absolute atomic E-state index is 12.8. The number of hydrogen-bond donors (Lipinski definition) is 2. The summed E-state index contributed by atoms with van der Waals surface area (Å²) in [6, 6.07) is 18.0. The van der Waals surface area contributed by atoms with Gasteiger partial charge in [-0.15, -0.1) is 0 Å². The number of carbonyl (C=O) groups is 3. The van der Waals surface area contributed by atoms with Crippen molar-refractivity contribution in [1.29, 1.82) is 0 Å². The van der Waals surface area contributed by atoms with E-state index in [0.29, 0.717) is 0 Å². The molecule has 0 spiro atoms. The van der Waals surface area contributed by atoms with Gasteiger partial charge in [0.2, 0.25) is 0 Å². The van der Waals surface area contributed by atoms with E-state index in [9.17, 15) is 14.4 Å². The molecule has 0 aliphatic heterocycles. The Morgan fingerprint density at radius 1 is 0.926 bits per heavy atom. The Balaban J connectivity index is 1.68. The van der Waals surface area contributed by atoms with Crippen molar-refractivity contribution in [3.8, 4) is 0 Å². The van der Waals surface area contributed by atoms with Crippen LogP contribution in [0.3, 0.4) is 0 Å². The molecule has 1 unspecified atom stereocenters. The zero-order valence-electron chi connectivity index (χ0n) is 15.1. The van der Waals surface area contributed by atoms with Gasteiger partial charge in [-0.3, -0.25) is 14.9 Å². The molecule has 0 aromatic heterocycles. The first-order chi connectivity index (χ1) is 13.0. The SMILES string of the molecule is CC(OC(=O)C(c1ccccc1)c1ccccc1)C(=O)NC(=O)NC1CC1. The Labute approximate surface area is 157 Å². The lowest BCUT2D eigenvalue weighted by Crippen LogP contribution is -2.45. The monoisotopic (exact) mass is 366 g/mol. The molecule has 140 valence electrons. The minimum atomic E-state index is -1.09. The van der Waals surface area contributed by atoms with Gasteiger partial charge in [0.15, 0.2) is 6.10 Å². The molecule has 1 fully saturated rings. The average molecular weight is 366 g/mol. The van der Waals surface area contributed by atoms with Crippen LogP contribution in [0.5, 0.6) is 0 Å². The molecule has 1 saturated carbocycles. The normalized spacial score (nSPS) is 14.3. The average Bonchev–Trinajstić information content (AvgIpc) is 3.47. The highest BCUT2D eigenvalue weighted by Gasteiger charge is 2.29. The number of benzene rings is 2. The summed E-state index contributed by atoms with van der Waals surface area (Å²) >= 11 is 0. The van der Waals surface area contributed by atoms with Crippen molar-refractivity contribution < 1.29 is 19.1 Å². The third kappa shape index (κ3) is 5.17. The number of carbonyl (C=O) groups excluding carboxylic acids is 3. The second-order valence-electron chi connectivity index (χ2n) is 6.57. The third-order valence-corrected chi connectivity index (χ3v) is 4.31. The molecule has 6 nitrogen and oxygen atoms in total. The molecule has 6 heteroatoms. The molecule has 2 aromatic rings. The van der Waals surface area contributed by atoms with E-state index in [0.717, 1.165) is 24.0 Å². The summed E-state index contributed by atoms with van der Waals surface area (Å²) in [5.74, 6) is -1.85. The lowest BCUT2D eigenvalue weighted by Gasteiger charge is -2.20. The minimum Gasteiger partial charge on any atom is -0.452 e. The zero-order chi connectivity index (χ0) is 19.2. The Kier molecular flexibility index (Phi) is 5.86. The largest absolute Gasteiger partial charge is 0.452 e. The molecule has 0 radical (unpaired) electrons. The number of ether oxygens (including phenoxy) is 1. The van der Waals surface area contributed by atoms with Crippen LogP contribution < -0.4 is 10.6 Å². The molecule has 27 heavy (non-hydrogen) atoms. The molecule has 2 N–H and O–H groups in total. The summed E-state index contributed by atoms with van der Waals surface area (Å²) in [5.41, 5.74) is 1.54. The minimum absolute atomic E-state index is 0.135. The molecule has 3 rings (SSSR count). The predicted octanol–water partition coefficient (Wildman–Crippen LogP) is 2.74. The number of nitrogens with one attached hydrogen (secondary N) is 2. The van der Waals surface area contributed by atoms with Gasteiger partial charge in [-0.05, 0) is 30.9 Å². The van der Waals surface area contributed by atoms with E-state index in [4.69, 9.17) is 4.74 Å². The van der Waals surface area contributed by atoms with Crippen LogP contribution in [0.1, 0.15) is 36.8 Å². The van der Waals surface area contributed by atoms with Crippen molar-refractivity contribution in [3.05, 3.63) is 71.8 Å².